The lowest BCUT2D eigenvalue weighted by Crippen LogP contribution is -2.39. The van der Waals surface area contributed by atoms with Crippen molar-refractivity contribution in [2.45, 2.75) is 38.9 Å². The number of hydrogen-bond donors (Lipinski definition) is 1. The predicted molar refractivity (Wildman–Crippen MR) is 92.5 cm³/mol. The van der Waals surface area contributed by atoms with Gasteiger partial charge >= 0.3 is 5.69 Å². The van der Waals surface area contributed by atoms with Gasteiger partial charge in [-0.05, 0) is 37.5 Å². The second kappa shape index (κ2) is 7.05. The van der Waals surface area contributed by atoms with Crippen LogP contribution in [0.2, 0.25) is 0 Å². The number of aryl methyl sites for hydroxylation is 1. The highest BCUT2D eigenvalue weighted by atomic mass is 16.5. The third-order valence-electron chi connectivity index (χ3n) is 4.35. The van der Waals surface area contributed by atoms with Gasteiger partial charge in [-0.15, -0.1) is 0 Å². The van der Waals surface area contributed by atoms with Crippen molar-refractivity contribution in [3.05, 3.63) is 62.4 Å². The summed E-state index contributed by atoms with van der Waals surface area (Å²) in [7, 11) is 1.66. The normalized spacial score (nSPS) is 14.1. The maximum Gasteiger partial charge on any atom is 0.328 e. The smallest absolute Gasteiger partial charge is 0.328 e. The molecule has 0 aliphatic heterocycles. The second-order valence-corrected chi connectivity index (χ2v) is 6.30. The summed E-state index contributed by atoms with van der Waals surface area (Å²) in [6, 6.07) is 10.0. The minimum atomic E-state index is -0.336. The fourth-order valence-corrected chi connectivity index (χ4v) is 2.91. The van der Waals surface area contributed by atoms with Crippen LogP contribution < -0.4 is 16.0 Å². The fraction of sp³-hybridized carbons (Fsp3) is 0.444. The first kappa shape index (κ1) is 16.5. The van der Waals surface area contributed by atoms with Gasteiger partial charge in [-0.1, -0.05) is 12.1 Å². The van der Waals surface area contributed by atoms with Crippen LogP contribution in [-0.2, 0) is 13.1 Å². The Kier molecular flexibility index (Phi) is 4.85. The Balaban J connectivity index is 1.71. The van der Waals surface area contributed by atoms with Gasteiger partial charge in [0.1, 0.15) is 5.75 Å². The highest BCUT2D eigenvalue weighted by molar-refractivity contribution is 5.28. The highest BCUT2D eigenvalue weighted by Gasteiger charge is 2.28. The average molecular weight is 329 g/mol. The van der Waals surface area contributed by atoms with Crippen LogP contribution in [-0.4, -0.2) is 34.1 Å². The van der Waals surface area contributed by atoms with Crippen LogP contribution in [0.5, 0.6) is 5.75 Å². The quantitative estimate of drug-likeness (QED) is 0.836. The number of nitrogens with zero attached hydrogens (tertiary/aromatic N) is 2. The maximum atomic E-state index is 12.0. The molecule has 2 aromatic rings. The first-order chi connectivity index (χ1) is 11.6. The second-order valence-electron chi connectivity index (χ2n) is 6.30. The summed E-state index contributed by atoms with van der Waals surface area (Å²) in [5.41, 5.74) is 1.19. The zero-order chi connectivity index (χ0) is 17.1. The summed E-state index contributed by atoms with van der Waals surface area (Å²) in [5, 5.41) is 0. The lowest BCUT2D eigenvalue weighted by atomic mass is 10.2. The molecule has 1 heterocycles. The van der Waals surface area contributed by atoms with Gasteiger partial charge in [-0.2, -0.15) is 0 Å². The van der Waals surface area contributed by atoms with E-state index in [0.29, 0.717) is 24.8 Å². The monoisotopic (exact) mass is 329 g/mol. The van der Waals surface area contributed by atoms with Crippen molar-refractivity contribution in [3.63, 3.8) is 0 Å². The fourth-order valence-electron chi connectivity index (χ4n) is 2.91. The maximum absolute atomic E-state index is 12.0. The number of methoxy groups -OCH3 is 1. The van der Waals surface area contributed by atoms with Crippen LogP contribution in [0.25, 0.3) is 0 Å². The molecule has 0 spiro atoms. The number of aromatic nitrogens is 2. The van der Waals surface area contributed by atoms with Crippen molar-refractivity contribution >= 4 is 0 Å². The van der Waals surface area contributed by atoms with Gasteiger partial charge in [0, 0.05) is 37.4 Å². The average Bonchev–Trinajstić information content (AvgIpc) is 3.37. The van der Waals surface area contributed by atoms with Crippen LogP contribution in [0.15, 0.2) is 39.9 Å². The third kappa shape index (κ3) is 3.94. The van der Waals surface area contributed by atoms with Crippen molar-refractivity contribution < 1.29 is 4.74 Å². The van der Waals surface area contributed by atoms with Crippen molar-refractivity contribution in [3.8, 4) is 5.75 Å². The number of aromatic amines is 1. The molecular formula is C18H23N3O3. The number of ether oxygens (including phenoxy) is 1. The Bertz CT molecular complexity index is 789. The van der Waals surface area contributed by atoms with E-state index in [4.69, 9.17) is 4.74 Å². The Morgan fingerprint density at radius 3 is 2.75 bits per heavy atom. The minimum absolute atomic E-state index is 0.242. The van der Waals surface area contributed by atoms with Crippen molar-refractivity contribution in [1.82, 2.24) is 14.5 Å². The van der Waals surface area contributed by atoms with Crippen molar-refractivity contribution in [2.24, 2.45) is 0 Å². The lowest BCUT2D eigenvalue weighted by molar-refractivity contribution is 0.241. The molecule has 3 rings (SSSR count). The molecule has 1 fully saturated rings. The van der Waals surface area contributed by atoms with E-state index in [0.717, 1.165) is 12.3 Å². The Morgan fingerprint density at radius 1 is 1.29 bits per heavy atom. The molecule has 1 aromatic heterocycles. The van der Waals surface area contributed by atoms with E-state index in [-0.39, 0.29) is 11.2 Å². The number of H-pyrrole nitrogens is 1. The van der Waals surface area contributed by atoms with E-state index >= 15 is 0 Å². The third-order valence-corrected chi connectivity index (χ3v) is 4.35. The van der Waals surface area contributed by atoms with Gasteiger partial charge in [0.25, 0.3) is 5.56 Å². The van der Waals surface area contributed by atoms with E-state index in [1.807, 2.05) is 18.2 Å². The van der Waals surface area contributed by atoms with Crippen LogP contribution in [0, 0.1) is 6.92 Å². The summed E-state index contributed by atoms with van der Waals surface area (Å²) in [4.78, 5) is 29.0. The molecule has 6 nitrogen and oxygen atoms in total. The first-order valence-corrected chi connectivity index (χ1v) is 8.24. The number of benzene rings is 1. The number of hydrogen-bond acceptors (Lipinski definition) is 4. The SMILES string of the molecule is COc1cccc(CN(CCn2c(=O)cc(C)[nH]c2=O)C2CC2)c1. The number of rotatable bonds is 7. The molecule has 1 aliphatic carbocycles. The van der Waals surface area contributed by atoms with Crippen LogP contribution in [0.4, 0.5) is 0 Å². The predicted octanol–water partition coefficient (Wildman–Crippen LogP) is 1.52. The molecule has 1 aliphatic rings. The van der Waals surface area contributed by atoms with Gasteiger partial charge in [-0.25, -0.2) is 4.79 Å². The van der Waals surface area contributed by atoms with E-state index in [1.54, 1.807) is 14.0 Å². The topological polar surface area (TPSA) is 67.3 Å². The molecule has 0 radical (unpaired) electrons. The zero-order valence-electron chi connectivity index (χ0n) is 14.1. The molecule has 0 amide bonds. The molecule has 1 N–H and O–H groups in total. The van der Waals surface area contributed by atoms with Crippen LogP contribution >= 0.6 is 0 Å². The molecule has 128 valence electrons. The van der Waals surface area contributed by atoms with E-state index in [1.165, 1.54) is 29.0 Å². The molecule has 0 atom stereocenters. The van der Waals surface area contributed by atoms with Gasteiger partial charge in [0.2, 0.25) is 0 Å². The summed E-state index contributed by atoms with van der Waals surface area (Å²) >= 11 is 0. The molecule has 0 bridgehead atoms. The first-order valence-electron chi connectivity index (χ1n) is 8.24. The van der Waals surface area contributed by atoms with Gasteiger partial charge in [-0.3, -0.25) is 14.3 Å². The zero-order valence-corrected chi connectivity index (χ0v) is 14.1. The van der Waals surface area contributed by atoms with Crippen LogP contribution in [0.3, 0.4) is 0 Å². The lowest BCUT2D eigenvalue weighted by Gasteiger charge is -2.22. The molecule has 1 saturated carbocycles. The molecule has 6 heteroatoms. The Hall–Kier alpha value is -2.34. The summed E-state index contributed by atoms with van der Waals surface area (Å²) in [6.45, 7) is 3.58. The summed E-state index contributed by atoms with van der Waals surface area (Å²) in [6.07, 6.45) is 2.34. The standard InChI is InChI=1S/C18H23N3O3/c1-13-10-17(22)21(18(23)19-13)9-8-20(15-6-7-15)12-14-4-3-5-16(11-14)24-2/h3-5,10-11,15H,6-9,12H2,1-2H3,(H,19,23). The minimum Gasteiger partial charge on any atom is -0.497 e. The molecule has 0 saturated heterocycles. The largest absolute Gasteiger partial charge is 0.497 e. The van der Waals surface area contributed by atoms with E-state index in [2.05, 4.69) is 16.0 Å². The number of nitrogens with one attached hydrogen (secondary N) is 1. The Labute approximate surface area is 140 Å². The van der Waals surface area contributed by atoms with Crippen molar-refractivity contribution in [2.75, 3.05) is 13.7 Å². The van der Waals surface area contributed by atoms with Gasteiger partial charge < -0.3 is 9.72 Å². The van der Waals surface area contributed by atoms with Crippen molar-refractivity contribution in [1.29, 1.82) is 0 Å². The van der Waals surface area contributed by atoms with E-state index < -0.39 is 0 Å². The van der Waals surface area contributed by atoms with E-state index in [9.17, 15) is 9.59 Å². The molecule has 24 heavy (non-hydrogen) atoms. The van der Waals surface area contributed by atoms with Gasteiger partial charge in [0.05, 0.1) is 7.11 Å². The molecule has 0 unspecified atom stereocenters. The summed E-state index contributed by atoms with van der Waals surface area (Å²) < 4.78 is 6.55. The molecular weight excluding hydrogens is 306 g/mol. The van der Waals surface area contributed by atoms with Crippen LogP contribution in [0.1, 0.15) is 24.1 Å². The van der Waals surface area contributed by atoms with Gasteiger partial charge in [0.15, 0.2) is 0 Å². The molecule has 1 aromatic carbocycles. The summed E-state index contributed by atoms with van der Waals surface area (Å²) in [5.74, 6) is 0.842. The highest BCUT2D eigenvalue weighted by Crippen LogP contribution is 2.28. The Morgan fingerprint density at radius 2 is 2.08 bits per heavy atom.